The predicted molar refractivity (Wildman–Crippen MR) is 105 cm³/mol. The zero-order chi connectivity index (χ0) is 17.9. The predicted octanol–water partition coefficient (Wildman–Crippen LogP) is 3.73. The van der Waals surface area contributed by atoms with Crippen molar-refractivity contribution in [2.45, 2.75) is 37.3 Å². The molecular weight excluding hydrogens is 366 g/mol. The van der Waals surface area contributed by atoms with Crippen LogP contribution in [0.15, 0.2) is 35.4 Å². The summed E-state index contributed by atoms with van der Waals surface area (Å²) in [5.74, 6) is 1.29. The molecule has 2 aromatic heterocycles. The van der Waals surface area contributed by atoms with Crippen LogP contribution in [0.4, 0.5) is 0 Å². The third-order valence-corrected chi connectivity index (χ3v) is 6.47. The summed E-state index contributed by atoms with van der Waals surface area (Å²) in [6.07, 6.45) is 4.58. The number of ether oxygens (including phenoxy) is 1. The lowest BCUT2D eigenvalue weighted by molar-refractivity contribution is -0.115. The first-order chi connectivity index (χ1) is 12.7. The lowest BCUT2D eigenvalue weighted by Gasteiger charge is -2.12. The lowest BCUT2D eigenvalue weighted by atomic mass is 9.97. The number of fused-ring (bicyclic) bond motifs is 3. The highest BCUT2D eigenvalue weighted by Gasteiger charge is 2.21. The number of carbonyl (C=O) groups is 1. The van der Waals surface area contributed by atoms with Gasteiger partial charge in [0.2, 0.25) is 5.91 Å². The molecule has 0 aliphatic heterocycles. The first-order valence-electron chi connectivity index (χ1n) is 8.61. The van der Waals surface area contributed by atoms with E-state index in [1.54, 1.807) is 11.3 Å². The van der Waals surface area contributed by atoms with Crippen molar-refractivity contribution in [2.75, 3.05) is 5.75 Å². The summed E-state index contributed by atoms with van der Waals surface area (Å²) in [5, 5.41) is 1.96. The number of rotatable bonds is 6. The number of nitrogens with zero attached hydrogens (tertiary/aromatic N) is 2. The molecule has 0 saturated heterocycles. The van der Waals surface area contributed by atoms with E-state index >= 15 is 0 Å². The van der Waals surface area contributed by atoms with Gasteiger partial charge in [-0.3, -0.25) is 4.79 Å². The SMILES string of the molecule is NC(=O)CSc1nc(COc2ccccc2)nc2sc3c(c12)CCCC3. The minimum atomic E-state index is -0.340. The molecule has 7 heteroatoms. The smallest absolute Gasteiger partial charge is 0.227 e. The molecule has 1 aliphatic carbocycles. The molecule has 0 unspecified atom stereocenters. The molecule has 0 bridgehead atoms. The number of primary amides is 1. The molecule has 1 amide bonds. The van der Waals surface area contributed by atoms with Gasteiger partial charge < -0.3 is 10.5 Å². The van der Waals surface area contributed by atoms with E-state index in [0.717, 1.165) is 33.8 Å². The van der Waals surface area contributed by atoms with Crippen LogP contribution in [-0.4, -0.2) is 21.6 Å². The number of aromatic nitrogens is 2. The Hall–Kier alpha value is -2.12. The Labute approximate surface area is 160 Å². The van der Waals surface area contributed by atoms with Gasteiger partial charge in [0.05, 0.1) is 5.75 Å². The number of amides is 1. The third kappa shape index (κ3) is 3.68. The highest BCUT2D eigenvalue weighted by molar-refractivity contribution is 8.00. The van der Waals surface area contributed by atoms with E-state index < -0.39 is 0 Å². The Morgan fingerprint density at radius 2 is 2.00 bits per heavy atom. The van der Waals surface area contributed by atoms with Gasteiger partial charge in [-0.25, -0.2) is 9.97 Å². The molecular formula is C19H19N3O2S2. The first-order valence-corrected chi connectivity index (χ1v) is 10.4. The highest BCUT2D eigenvalue weighted by atomic mass is 32.2. The van der Waals surface area contributed by atoms with Crippen LogP contribution in [-0.2, 0) is 24.2 Å². The summed E-state index contributed by atoms with van der Waals surface area (Å²) in [5.41, 5.74) is 6.70. The van der Waals surface area contributed by atoms with Crippen LogP contribution < -0.4 is 10.5 Å². The van der Waals surface area contributed by atoms with Gasteiger partial charge in [0, 0.05) is 10.3 Å². The second-order valence-corrected chi connectivity index (χ2v) is 8.24. The molecule has 0 fully saturated rings. The molecule has 26 heavy (non-hydrogen) atoms. The highest BCUT2D eigenvalue weighted by Crippen LogP contribution is 2.39. The molecule has 1 aromatic carbocycles. The van der Waals surface area contributed by atoms with E-state index in [-0.39, 0.29) is 11.7 Å². The number of para-hydroxylation sites is 1. The number of benzene rings is 1. The molecule has 0 radical (unpaired) electrons. The van der Waals surface area contributed by atoms with Crippen LogP contribution in [0.5, 0.6) is 5.75 Å². The van der Waals surface area contributed by atoms with Crippen LogP contribution in [0, 0.1) is 0 Å². The Kier molecular flexibility index (Phi) is 5.08. The molecule has 2 N–H and O–H groups in total. The number of hydrogen-bond donors (Lipinski definition) is 1. The summed E-state index contributed by atoms with van der Waals surface area (Å²) in [6, 6.07) is 9.63. The maximum atomic E-state index is 11.3. The number of thiophene rings is 1. The van der Waals surface area contributed by atoms with E-state index in [1.165, 1.54) is 35.0 Å². The number of aryl methyl sites for hydroxylation is 2. The molecule has 4 rings (SSSR count). The fraction of sp³-hybridized carbons (Fsp3) is 0.316. The average Bonchev–Trinajstić information content (AvgIpc) is 3.04. The Balaban J connectivity index is 1.68. The average molecular weight is 386 g/mol. The van der Waals surface area contributed by atoms with E-state index in [9.17, 15) is 4.79 Å². The fourth-order valence-corrected chi connectivity index (χ4v) is 5.30. The second-order valence-electron chi connectivity index (χ2n) is 6.19. The molecule has 0 atom stereocenters. The third-order valence-electron chi connectivity index (χ3n) is 4.29. The zero-order valence-corrected chi connectivity index (χ0v) is 15.9. The topological polar surface area (TPSA) is 78.1 Å². The van der Waals surface area contributed by atoms with Crippen LogP contribution in [0.3, 0.4) is 0 Å². The maximum Gasteiger partial charge on any atom is 0.227 e. The van der Waals surface area contributed by atoms with Crippen molar-refractivity contribution in [3.05, 3.63) is 46.6 Å². The summed E-state index contributed by atoms with van der Waals surface area (Å²) in [7, 11) is 0. The monoisotopic (exact) mass is 385 g/mol. The van der Waals surface area contributed by atoms with Crippen molar-refractivity contribution < 1.29 is 9.53 Å². The molecule has 1 aliphatic rings. The van der Waals surface area contributed by atoms with Gasteiger partial charge in [-0.15, -0.1) is 11.3 Å². The quantitative estimate of drug-likeness (QED) is 0.517. The lowest BCUT2D eigenvalue weighted by Crippen LogP contribution is -2.13. The molecule has 3 aromatic rings. The van der Waals surface area contributed by atoms with Gasteiger partial charge in [0.1, 0.15) is 22.2 Å². The van der Waals surface area contributed by atoms with Crippen molar-refractivity contribution in [3.8, 4) is 5.75 Å². The van der Waals surface area contributed by atoms with E-state index in [4.69, 9.17) is 20.4 Å². The molecule has 2 heterocycles. The number of carbonyl (C=O) groups excluding carboxylic acids is 1. The first kappa shape index (κ1) is 17.3. The molecule has 0 saturated carbocycles. The fourth-order valence-electron chi connectivity index (χ4n) is 3.14. The number of hydrogen-bond acceptors (Lipinski definition) is 6. The van der Waals surface area contributed by atoms with Crippen molar-refractivity contribution in [2.24, 2.45) is 5.73 Å². The van der Waals surface area contributed by atoms with Gasteiger partial charge >= 0.3 is 0 Å². The van der Waals surface area contributed by atoms with Gasteiger partial charge in [0.15, 0.2) is 5.82 Å². The van der Waals surface area contributed by atoms with E-state index in [0.29, 0.717) is 12.4 Å². The molecule has 5 nitrogen and oxygen atoms in total. The van der Waals surface area contributed by atoms with Gasteiger partial charge in [-0.1, -0.05) is 30.0 Å². The normalized spacial score (nSPS) is 13.5. The van der Waals surface area contributed by atoms with Crippen molar-refractivity contribution in [1.82, 2.24) is 9.97 Å². The van der Waals surface area contributed by atoms with Crippen molar-refractivity contribution in [3.63, 3.8) is 0 Å². The minimum absolute atomic E-state index is 0.218. The summed E-state index contributed by atoms with van der Waals surface area (Å²) in [6.45, 7) is 0.298. The van der Waals surface area contributed by atoms with Crippen LogP contribution in [0.2, 0.25) is 0 Å². The minimum Gasteiger partial charge on any atom is -0.486 e. The Bertz CT molecular complexity index is 941. The van der Waals surface area contributed by atoms with Crippen molar-refractivity contribution >= 4 is 39.2 Å². The van der Waals surface area contributed by atoms with E-state index in [2.05, 4.69) is 0 Å². The summed E-state index contributed by atoms with van der Waals surface area (Å²) < 4.78 is 5.80. The van der Waals surface area contributed by atoms with Crippen LogP contribution >= 0.6 is 23.1 Å². The second kappa shape index (κ2) is 7.63. The van der Waals surface area contributed by atoms with Crippen LogP contribution in [0.25, 0.3) is 10.2 Å². The largest absolute Gasteiger partial charge is 0.486 e. The zero-order valence-electron chi connectivity index (χ0n) is 14.2. The van der Waals surface area contributed by atoms with Crippen LogP contribution in [0.1, 0.15) is 29.1 Å². The van der Waals surface area contributed by atoms with E-state index in [1.807, 2.05) is 30.3 Å². The molecule has 134 valence electrons. The number of thioether (sulfide) groups is 1. The summed E-state index contributed by atoms with van der Waals surface area (Å²) in [4.78, 5) is 23.1. The van der Waals surface area contributed by atoms with Gasteiger partial charge in [-0.05, 0) is 43.4 Å². The maximum absolute atomic E-state index is 11.3. The Morgan fingerprint density at radius 1 is 1.19 bits per heavy atom. The standard InChI is InChI=1S/C19H19N3O2S2/c20-15(23)11-25-18-17-13-8-4-5-9-14(13)26-19(17)22-16(21-18)10-24-12-6-2-1-3-7-12/h1-3,6-7H,4-5,8-11H2,(H2,20,23). The van der Waals surface area contributed by atoms with Crippen molar-refractivity contribution in [1.29, 1.82) is 0 Å². The number of nitrogens with two attached hydrogens (primary N) is 1. The molecule has 0 spiro atoms. The van der Waals surface area contributed by atoms with Gasteiger partial charge in [-0.2, -0.15) is 0 Å². The Morgan fingerprint density at radius 3 is 2.81 bits per heavy atom. The summed E-state index contributed by atoms with van der Waals surface area (Å²) >= 11 is 3.14. The van der Waals surface area contributed by atoms with Gasteiger partial charge in [0.25, 0.3) is 0 Å².